The van der Waals surface area contributed by atoms with Crippen molar-refractivity contribution in [2.45, 2.75) is 50.3 Å². The highest BCUT2D eigenvalue weighted by Crippen LogP contribution is 2.42. The molecule has 6 heteroatoms. The van der Waals surface area contributed by atoms with Crippen LogP contribution in [0, 0.1) is 0 Å². The van der Waals surface area contributed by atoms with E-state index in [-0.39, 0.29) is 12.2 Å². The molecule has 0 radical (unpaired) electrons. The number of benzene rings is 1. The van der Waals surface area contributed by atoms with Crippen molar-refractivity contribution in [1.82, 2.24) is 0 Å². The van der Waals surface area contributed by atoms with E-state index >= 15 is 0 Å². The molecular formula is C16H22O6. The second-order valence-corrected chi connectivity index (χ2v) is 5.99. The molecular weight excluding hydrogens is 288 g/mol. The highest BCUT2D eigenvalue weighted by atomic mass is 16.8. The van der Waals surface area contributed by atoms with E-state index in [4.69, 9.17) is 23.7 Å². The van der Waals surface area contributed by atoms with Crippen LogP contribution in [0.15, 0.2) is 24.3 Å². The number of rotatable bonds is 4. The van der Waals surface area contributed by atoms with E-state index in [9.17, 15) is 5.11 Å². The fourth-order valence-electron chi connectivity index (χ4n) is 3.03. The van der Waals surface area contributed by atoms with Crippen molar-refractivity contribution in [3.8, 4) is 5.75 Å². The molecule has 2 aliphatic heterocycles. The van der Waals surface area contributed by atoms with Gasteiger partial charge in [-0.25, -0.2) is 0 Å². The molecule has 0 amide bonds. The zero-order valence-corrected chi connectivity index (χ0v) is 13.2. The average molecular weight is 310 g/mol. The summed E-state index contributed by atoms with van der Waals surface area (Å²) in [7, 11) is 3.16. The van der Waals surface area contributed by atoms with Crippen LogP contribution in [0.2, 0.25) is 0 Å². The number of aliphatic hydroxyl groups excluding tert-OH is 1. The molecule has 3 rings (SSSR count). The molecule has 0 bridgehead atoms. The Kier molecular flexibility index (Phi) is 4.13. The summed E-state index contributed by atoms with van der Waals surface area (Å²) in [6.07, 6.45) is -2.67. The van der Waals surface area contributed by atoms with E-state index in [1.165, 1.54) is 0 Å². The van der Waals surface area contributed by atoms with E-state index in [2.05, 4.69) is 0 Å². The molecule has 1 aromatic rings. The van der Waals surface area contributed by atoms with Crippen molar-refractivity contribution in [3.63, 3.8) is 0 Å². The minimum absolute atomic E-state index is 0.349. The van der Waals surface area contributed by atoms with E-state index in [1.54, 1.807) is 26.4 Å². The standard InChI is InChI=1S/C16H22O6/c1-16(2)21-13-12(20-15(19-4)14(13)22-16)11(17)9-5-7-10(18-3)8-6-9/h5-8,11-15,17H,1-4H3/t11-,12+,13+,14+,15+/m0/s1. The third-order valence-electron chi connectivity index (χ3n) is 4.05. The molecule has 0 saturated carbocycles. The Balaban J connectivity index is 1.80. The predicted octanol–water partition coefficient (Wildman–Crippen LogP) is 1.62. The topological polar surface area (TPSA) is 66.4 Å². The highest BCUT2D eigenvalue weighted by Gasteiger charge is 2.57. The second kappa shape index (κ2) is 5.79. The molecule has 0 unspecified atom stereocenters. The maximum atomic E-state index is 10.7. The maximum Gasteiger partial charge on any atom is 0.186 e. The summed E-state index contributed by atoms with van der Waals surface area (Å²) < 4.78 is 27.9. The number of aliphatic hydroxyl groups is 1. The fourth-order valence-corrected chi connectivity index (χ4v) is 3.03. The zero-order chi connectivity index (χ0) is 15.9. The molecule has 2 fully saturated rings. The summed E-state index contributed by atoms with van der Waals surface area (Å²) in [6.45, 7) is 3.68. The van der Waals surface area contributed by atoms with E-state index < -0.39 is 24.3 Å². The molecule has 2 saturated heterocycles. The van der Waals surface area contributed by atoms with Crippen LogP contribution in [0.3, 0.4) is 0 Å². The number of fused-ring (bicyclic) bond motifs is 1. The quantitative estimate of drug-likeness (QED) is 0.911. The van der Waals surface area contributed by atoms with Crippen LogP contribution in [0.4, 0.5) is 0 Å². The third-order valence-corrected chi connectivity index (χ3v) is 4.05. The lowest BCUT2D eigenvalue weighted by Gasteiger charge is -2.26. The van der Waals surface area contributed by atoms with Gasteiger partial charge in [0.15, 0.2) is 12.1 Å². The minimum atomic E-state index is -0.837. The maximum absolute atomic E-state index is 10.7. The van der Waals surface area contributed by atoms with Crippen molar-refractivity contribution >= 4 is 0 Å². The van der Waals surface area contributed by atoms with Gasteiger partial charge in [0.05, 0.1) is 7.11 Å². The molecule has 122 valence electrons. The summed E-state index contributed by atoms with van der Waals surface area (Å²) in [5.74, 6) is 0.0193. The van der Waals surface area contributed by atoms with Gasteiger partial charge in [-0.15, -0.1) is 0 Å². The van der Waals surface area contributed by atoms with Gasteiger partial charge in [0.2, 0.25) is 0 Å². The predicted molar refractivity (Wildman–Crippen MR) is 77.4 cm³/mol. The summed E-state index contributed by atoms with van der Waals surface area (Å²) in [5, 5.41) is 10.7. The van der Waals surface area contributed by atoms with Crippen LogP contribution in [0.5, 0.6) is 5.75 Å². The van der Waals surface area contributed by atoms with Gasteiger partial charge in [0, 0.05) is 7.11 Å². The molecule has 2 heterocycles. The summed E-state index contributed by atoms with van der Waals surface area (Å²) in [4.78, 5) is 0. The van der Waals surface area contributed by atoms with Gasteiger partial charge in [0.25, 0.3) is 0 Å². The number of hydrogen-bond donors (Lipinski definition) is 1. The first-order valence-electron chi connectivity index (χ1n) is 7.31. The Morgan fingerprint density at radius 1 is 1.09 bits per heavy atom. The molecule has 1 N–H and O–H groups in total. The van der Waals surface area contributed by atoms with E-state index in [0.717, 1.165) is 11.3 Å². The van der Waals surface area contributed by atoms with Crippen molar-refractivity contribution < 1.29 is 28.8 Å². The van der Waals surface area contributed by atoms with Crippen molar-refractivity contribution in [2.75, 3.05) is 14.2 Å². The fraction of sp³-hybridized carbons (Fsp3) is 0.625. The first-order valence-corrected chi connectivity index (χ1v) is 7.31. The minimum Gasteiger partial charge on any atom is -0.497 e. The second-order valence-electron chi connectivity index (χ2n) is 5.99. The van der Waals surface area contributed by atoms with Gasteiger partial charge < -0.3 is 28.8 Å². The largest absolute Gasteiger partial charge is 0.497 e. The van der Waals surface area contributed by atoms with Crippen molar-refractivity contribution in [3.05, 3.63) is 29.8 Å². The number of ether oxygens (including phenoxy) is 5. The summed E-state index contributed by atoms with van der Waals surface area (Å²) in [6, 6.07) is 7.22. The smallest absolute Gasteiger partial charge is 0.186 e. The highest BCUT2D eigenvalue weighted by molar-refractivity contribution is 5.29. The molecule has 2 aliphatic rings. The molecule has 22 heavy (non-hydrogen) atoms. The van der Waals surface area contributed by atoms with Gasteiger partial charge >= 0.3 is 0 Å². The molecule has 5 atom stereocenters. The summed E-state index contributed by atoms with van der Waals surface area (Å²) in [5.41, 5.74) is 0.731. The van der Waals surface area contributed by atoms with E-state index in [0.29, 0.717) is 0 Å². The Morgan fingerprint density at radius 2 is 1.73 bits per heavy atom. The van der Waals surface area contributed by atoms with Crippen LogP contribution < -0.4 is 4.74 Å². The van der Waals surface area contributed by atoms with Crippen LogP contribution >= 0.6 is 0 Å². The Bertz CT molecular complexity index is 514. The van der Waals surface area contributed by atoms with Crippen molar-refractivity contribution in [2.24, 2.45) is 0 Å². The van der Waals surface area contributed by atoms with Gasteiger partial charge in [-0.05, 0) is 31.5 Å². The van der Waals surface area contributed by atoms with Gasteiger partial charge in [-0.2, -0.15) is 0 Å². The van der Waals surface area contributed by atoms with Gasteiger partial charge in [0.1, 0.15) is 30.2 Å². The SMILES string of the molecule is COc1ccc([C@H](O)[C@H]2O[C@@H](OC)[C@@H]3OC(C)(C)O[C@@H]32)cc1. The lowest BCUT2D eigenvalue weighted by molar-refractivity contribution is -0.237. The molecule has 0 aliphatic carbocycles. The molecule has 6 nitrogen and oxygen atoms in total. The van der Waals surface area contributed by atoms with Crippen LogP contribution in [0.1, 0.15) is 25.5 Å². The van der Waals surface area contributed by atoms with Crippen molar-refractivity contribution in [1.29, 1.82) is 0 Å². The van der Waals surface area contributed by atoms with E-state index in [1.807, 2.05) is 26.0 Å². The Morgan fingerprint density at radius 3 is 2.32 bits per heavy atom. The average Bonchev–Trinajstić information content (AvgIpc) is 2.99. The van der Waals surface area contributed by atoms with Crippen LogP contribution in [-0.4, -0.2) is 49.7 Å². The molecule has 0 aromatic heterocycles. The summed E-state index contributed by atoms with van der Waals surface area (Å²) >= 11 is 0. The van der Waals surface area contributed by atoms with Gasteiger partial charge in [-0.1, -0.05) is 12.1 Å². The normalized spacial score (nSPS) is 34.4. The number of hydrogen-bond acceptors (Lipinski definition) is 6. The van der Waals surface area contributed by atoms with Crippen LogP contribution in [0.25, 0.3) is 0 Å². The monoisotopic (exact) mass is 310 g/mol. The lowest BCUT2D eigenvalue weighted by atomic mass is 9.99. The Hall–Kier alpha value is -1.18. The first-order chi connectivity index (χ1) is 10.4. The van der Waals surface area contributed by atoms with Crippen LogP contribution in [-0.2, 0) is 18.9 Å². The molecule has 1 aromatic carbocycles. The zero-order valence-electron chi connectivity index (χ0n) is 13.2. The third kappa shape index (κ3) is 2.73. The van der Waals surface area contributed by atoms with Gasteiger partial charge in [-0.3, -0.25) is 0 Å². The number of methoxy groups -OCH3 is 2. The lowest BCUT2D eigenvalue weighted by Crippen LogP contribution is -2.34. The Labute approximate surface area is 129 Å². The molecule has 0 spiro atoms. The first kappa shape index (κ1) is 15.7.